The largest absolute Gasteiger partial charge is 0.481 e. The van der Waals surface area contributed by atoms with Crippen molar-refractivity contribution in [3.63, 3.8) is 0 Å². The van der Waals surface area contributed by atoms with Crippen molar-refractivity contribution in [1.29, 1.82) is 0 Å². The summed E-state index contributed by atoms with van der Waals surface area (Å²) in [6.07, 6.45) is 6.35. The number of carbonyl (C=O) groups is 1. The number of rotatable bonds is 6. The summed E-state index contributed by atoms with van der Waals surface area (Å²) in [5, 5.41) is 14.8. The summed E-state index contributed by atoms with van der Waals surface area (Å²) in [4.78, 5) is 12.3. The second-order valence-corrected chi connectivity index (χ2v) is 7.52. The smallest absolute Gasteiger partial charge is 0.305 e. The molecule has 21 heavy (non-hydrogen) atoms. The Bertz CT molecular complexity index is 430. The first kappa shape index (κ1) is 16.5. The van der Waals surface area contributed by atoms with E-state index in [1.54, 1.807) is 11.3 Å². The van der Waals surface area contributed by atoms with Crippen LogP contribution in [0.1, 0.15) is 63.3 Å². The molecule has 0 amide bonds. The van der Waals surface area contributed by atoms with E-state index in [0.717, 1.165) is 16.7 Å². The molecule has 1 aliphatic rings. The molecule has 1 aromatic heterocycles. The van der Waals surface area contributed by atoms with Gasteiger partial charge in [0, 0.05) is 10.9 Å². The molecule has 0 saturated heterocycles. The first-order valence-corrected chi connectivity index (χ1v) is 8.95. The van der Waals surface area contributed by atoms with Crippen LogP contribution in [-0.4, -0.2) is 17.1 Å². The van der Waals surface area contributed by atoms with Gasteiger partial charge < -0.3 is 10.4 Å². The zero-order valence-corrected chi connectivity index (χ0v) is 13.9. The Morgan fingerprint density at radius 2 is 2.19 bits per heavy atom. The van der Waals surface area contributed by atoms with E-state index in [0.29, 0.717) is 6.04 Å². The third kappa shape index (κ3) is 5.11. The maximum absolute atomic E-state index is 11.1. The predicted molar refractivity (Wildman–Crippen MR) is 87.6 cm³/mol. The second kappa shape index (κ2) is 7.95. The zero-order valence-electron chi connectivity index (χ0n) is 13.0. The van der Waals surface area contributed by atoms with Gasteiger partial charge >= 0.3 is 5.97 Å². The van der Waals surface area contributed by atoms with Gasteiger partial charge in [-0.25, -0.2) is 0 Å². The normalized spacial score (nSPS) is 24.7. The highest BCUT2D eigenvalue weighted by molar-refractivity contribution is 7.10. The Kier molecular flexibility index (Phi) is 6.24. The topological polar surface area (TPSA) is 49.3 Å². The van der Waals surface area contributed by atoms with Crippen molar-refractivity contribution in [2.24, 2.45) is 11.8 Å². The number of hydrogen-bond acceptors (Lipinski definition) is 3. The SMILES string of the molecule is CC(C)C1CCCC(NC(CC(=O)O)c2cccs2)CC1. The summed E-state index contributed by atoms with van der Waals surface area (Å²) in [5.41, 5.74) is 0. The molecule has 1 saturated carbocycles. The van der Waals surface area contributed by atoms with Crippen LogP contribution in [0.15, 0.2) is 17.5 Å². The van der Waals surface area contributed by atoms with E-state index < -0.39 is 5.97 Å². The third-order valence-corrected chi connectivity index (χ3v) is 5.64. The molecule has 0 aromatic carbocycles. The molecule has 3 unspecified atom stereocenters. The van der Waals surface area contributed by atoms with Crippen LogP contribution < -0.4 is 5.32 Å². The average molecular weight is 309 g/mol. The monoisotopic (exact) mass is 309 g/mol. The van der Waals surface area contributed by atoms with Gasteiger partial charge in [-0.2, -0.15) is 0 Å². The van der Waals surface area contributed by atoms with E-state index in [1.165, 1.54) is 32.1 Å². The zero-order chi connectivity index (χ0) is 15.2. The van der Waals surface area contributed by atoms with E-state index in [2.05, 4.69) is 19.2 Å². The van der Waals surface area contributed by atoms with Gasteiger partial charge in [-0.1, -0.05) is 32.8 Å². The van der Waals surface area contributed by atoms with Crippen LogP contribution in [0.2, 0.25) is 0 Å². The molecule has 0 spiro atoms. The Hall–Kier alpha value is -0.870. The first-order valence-electron chi connectivity index (χ1n) is 8.07. The molecule has 3 atom stereocenters. The Morgan fingerprint density at radius 1 is 1.38 bits per heavy atom. The Morgan fingerprint density at radius 3 is 2.81 bits per heavy atom. The van der Waals surface area contributed by atoms with Gasteiger partial charge in [0.25, 0.3) is 0 Å². The second-order valence-electron chi connectivity index (χ2n) is 6.54. The lowest BCUT2D eigenvalue weighted by molar-refractivity contribution is -0.137. The third-order valence-electron chi connectivity index (χ3n) is 4.66. The lowest BCUT2D eigenvalue weighted by Crippen LogP contribution is -2.33. The lowest BCUT2D eigenvalue weighted by Gasteiger charge is -2.24. The first-order chi connectivity index (χ1) is 10.1. The number of thiophene rings is 1. The molecule has 1 aromatic rings. The van der Waals surface area contributed by atoms with E-state index in [4.69, 9.17) is 5.11 Å². The minimum absolute atomic E-state index is 0.0388. The molecule has 1 fully saturated rings. The lowest BCUT2D eigenvalue weighted by atomic mass is 9.89. The van der Waals surface area contributed by atoms with E-state index in [-0.39, 0.29) is 12.5 Å². The van der Waals surface area contributed by atoms with Crippen molar-refractivity contribution in [2.75, 3.05) is 0 Å². The highest BCUT2D eigenvalue weighted by Gasteiger charge is 2.24. The highest BCUT2D eigenvalue weighted by atomic mass is 32.1. The Labute approximate surface area is 131 Å². The van der Waals surface area contributed by atoms with Crippen LogP contribution in [0.3, 0.4) is 0 Å². The van der Waals surface area contributed by atoms with Gasteiger partial charge in [-0.15, -0.1) is 11.3 Å². The number of aliphatic carboxylic acids is 1. The quantitative estimate of drug-likeness (QED) is 0.763. The average Bonchev–Trinajstić information content (AvgIpc) is 2.84. The number of carboxylic acid groups (broad SMARTS) is 1. The number of nitrogens with one attached hydrogen (secondary N) is 1. The van der Waals surface area contributed by atoms with Crippen LogP contribution in [-0.2, 0) is 4.79 Å². The van der Waals surface area contributed by atoms with Gasteiger partial charge in [-0.3, -0.25) is 4.79 Å². The molecular weight excluding hydrogens is 282 g/mol. The van der Waals surface area contributed by atoms with Crippen molar-refractivity contribution in [2.45, 2.75) is 64.5 Å². The summed E-state index contributed by atoms with van der Waals surface area (Å²) in [7, 11) is 0. The summed E-state index contributed by atoms with van der Waals surface area (Å²) < 4.78 is 0. The highest BCUT2D eigenvalue weighted by Crippen LogP contribution is 2.31. The van der Waals surface area contributed by atoms with E-state index in [9.17, 15) is 4.79 Å². The molecule has 0 aliphatic heterocycles. The van der Waals surface area contributed by atoms with E-state index >= 15 is 0 Å². The molecule has 1 aliphatic carbocycles. The number of carboxylic acids is 1. The van der Waals surface area contributed by atoms with Crippen LogP contribution in [0.25, 0.3) is 0 Å². The van der Waals surface area contributed by atoms with Gasteiger partial charge in [-0.05, 0) is 42.5 Å². The fourth-order valence-corrected chi connectivity index (χ4v) is 4.14. The van der Waals surface area contributed by atoms with Gasteiger partial charge in [0.1, 0.15) is 0 Å². The molecular formula is C17H27NO2S. The molecule has 0 radical (unpaired) electrons. The molecule has 118 valence electrons. The summed E-state index contributed by atoms with van der Waals surface area (Å²) in [5.74, 6) is 0.863. The van der Waals surface area contributed by atoms with Crippen molar-refractivity contribution >= 4 is 17.3 Å². The maximum Gasteiger partial charge on any atom is 0.305 e. The molecule has 4 heteroatoms. The van der Waals surface area contributed by atoms with Crippen LogP contribution >= 0.6 is 11.3 Å². The molecule has 3 nitrogen and oxygen atoms in total. The van der Waals surface area contributed by atoms with Crippen molar-refractivity contribution in [3.8, 4) is 0 Å². The minimum Gasteiger partial charge on any atom is -0.481 e. The van der Waals surface area contributed by atoms with Crippen molar-refractivity contribution in [3.05, 3.63) is 22.4 Å². The van der Waals surface area contributed by atoms with Crippen LogP contribution in [0.5, 0.6) is 0 Å². The summed E-state index contributed by atoms with van der Waals surface area (Å²) in [6, 6.07) is 4.46. The van der Waals surface area contributed by atoms with Gasteiger partial charge in [0.15, 0.2) is 0 Å². The Balaban J connectivity index is 1.95. The fourth-order valence-electron chi connectivity index (χ4n) is 3.35. The van der Waals surface area contributed by atoms with Crippen LogP contribution in [0.4, 0.5) is 0 Å². The minimum atomic E-state index is -0.727. The maximum atomic E-state index is 11.1. The molecule has 2 rings (SSSR count). The summed E-state index contributed by atoms with van der Waals surface area (Å²) in [6.45, 7) is 4.63. The standard InChI is InChI=1S/C17H27NO2S/c1-12(2)13-5-3-6-14(9-8-13)18-15(11-17(19)20)16-7-4-10-21-16/h4,7,10,12-15,18H,3,5-6,8-9,11H2,1-2H3,(H,19,20). The fraction of sp³-hybridized carbons (Fsp3) is 0.706. The van der Waals surface area contributed by atoms with Crippen LogP contribution in [0, 0.1) is 11.8 Å². The van der Waals surface area contributed by atoms with Gasteiger partial charge in [0.2, 0.25) is 0 Å². The van der Waals surface area contributed by atoms with Gasteiger partial charge in [0.05, 0.1) is 12.5 Å². The molecule has 1 heterocycles. The summed E-state index contributed by atoms with van der Waals surface area (Å²) >= 11 is 1.65. The predicted octanol–water partition coefficient (Wildman–Crippen LogP) is 4.46. The number of hydrogen-bond donors (Lipinski definition) is 2. The molecule has 0 bridgehead atoms. The van der Waals surface area contributed by atoms with E-state index in [1.807, 2.05) is 17.5 Å². The van der Waals surface area contributed by atoms with Crippen molar-refractivity contribution < 1.29 is 9.90 Å². The molecule has 2 N–H and O–H groups in total. The van der Waals surface area contributed by atoms with Crippen molar-refractivity contribution in [1.82, 2.24) is 5.32 Å².